The number of aromatic hydroxyl groups is 1. The van der Waals surface area contributed by atoms with Crippen molar-refractivity contribution < 1.29 is 28.9 Å². The number of benzene rings is 2. The summed E-state index contributed by atoms with van der Waals surface area (Å²) in [6.07, 6.45) is 0.866. The third-order valence-corrected chi connectivity index (χ3v) is 6.56. The minimum absolute atomic E-state index is 0.0374. The molecule has 0 saturated heterocycles. The Labute approximate surface area is 199 Å². The van der Waals surface area contributed by atoms with Gasteiger partial charge in [-0.25, -0.2) is 0 Å². The number of hydrogen-bond acceptors (Lipinski definition) is 7. The molecule has 1 aliphatic carbocycles. The first-order chi connectivity index (χ1) is 16.4. The summed E-state index contributed by atoms with van der Waals surface area (Å²) in [7, 11) is 3.17. The molecule has 1 N–H and O–H groups in total. The standard InChI is InChI=1S/C27H29NO6/c1-5-34-27(31)24-15(2)28-20-12-18(17-8-11-22(32-3)23(14-17)33-4)13-21(30)26(20)25(24)16-6-9-19(29)10-7-16/h6-11,14,18,24-25,29H,5,12-13H2,1-4H3/t18-,24?,25-/m1/s1. The molecule has 0 amide bonds. The lowest BCUT2D eigenvalue weighted by atomic mass is 9.69. The topological polar surface area (TPSA) is 94.4 Å². The smallest absolute Gasteiger partial charge is 0.315 e. The molecule has 3 atom stereocenters. The Morgan fingerprint density at radius 2 is 1.71 bits per heavy atom. The van der Waals surface area contributed by atoms with Gasteiger partial charge in [0.05, 0.1) is 20.8 Å². The van der Waals surface area contributed by atoms with E-state index in [-0.39, 0.29) is 24.1 Å². The molecule has 0 bridgehead atoms. The highest BCUT2D eigenvalue weighted by atomic mass is 16.5. The van der Waals surface area contributed by atoms with Gasteiger partial charge in [0.25, 0.3) is 0 Å². The zero-order chi connectivity index (χ0) is 24.4. The van der Waals surface area contributed by atoms with E-state index in [4.69, 9.17) is 19.2 Å². The van der Waals surface area contributed by atoms with Crippen LogP contribution < -0.4 is 9.47 Å². The summed E-state index contributed by atoms with van der Waals surface area (Å²) in [5, 5.41) is 9.78. The second-order valence-electron chi connectivity index (χ2n) is 8.56. The van der Waals surface area contributed by atoms with Crippen molar-refractivity contribution in [2.75, 3.05) is 20.8 Å². The minimum Gasteiger partial charge on any atom is -0.508 e. The van der Waals surface area contributed by atoms with Crippen LogP contribution in [0.15, 0.2) is 58.7 Å². The van der Waals surface area contributed by atoms with E-state index in [0.717, 1.165) is 11.1 Å². The first-order valence-electron chi connectivity index (χ1n) is 11.4. The van der Waals surface area contributed by atoms with Crippen LogP contribution in [0.3, 0.4) is 0 Å². The SMILES string of the molecule is CCOC(=O)C1C(C)=NC2=C(C(=O)C[C@H](c3ccc(OC)c(OC)c3)C2)[C@@H]1c1ccc(O)cc1. The van der Waals surface area contributed by atoms with Gasteiger partial charge in [-0.1, -0.05) is 18.2 Å². The predicted molar refractivity (Wildman–Crippen MR) is 128 cm³/mol. The van der Waals surface area contributed by atoms with Crippen molar-refractivity contribution in [3.8, 4) is 17.2 Å². The Kier molecular flexibility index (Phi) is 6.72. The van der Waals surface area contributed by atoms with Gasteiger partial charge in [-0.3, -0.25) is 14.6 Å². The van der Waals surface area contributed by atoms with Crippen molar-refractivity contribution in [2.24, 2.45) is 10.9 Å². The molecule has 7 nitrogen and oxygen atoms in total. The highest BCUT2D eigenvalue weighted by molar-refractivity contribution is 6.09. The maximum absolute atomic E-state index is 13.6. The van der Waals surface area contributed by atoms with Crippen LogP contribution in [0.1, 0.15) is 49.7 Å². The largest absolute Gasteiger partial charge is 0.508 e. The Balaban J connectivity index is 1.77. The number of nitrogens with zero attached hydrogens (tertiary/aromatic N) is 1. The van der Waals surface area contributed by atoms with Gasteiger partial charge in [-0.05, 0) is 61.6 Å². The normalized spacial score (nSPS) is 22.1. The molecular formula is C27H29NO6. The Morgan fingerprint density at radius 1 is 1.03 bits per heavy atom. The summed E-state index contributed by atoms with van der Waals surface area (Å²) in [6.45, 7) is 3.81. The van der Waals surface area contributed by atoms with E-state index in [1.54, 1.807) is 45.4 Å². The van der Waals surface area contributed by atoms with E-state index < -0.39 is 17.8 Å². The third kappa shape index (κ3) is 4.30. The van der Waals surface area contributed by atoms with E-state index in [1.165, 1.54) is 0 Å². The number of carbonyl (C=O) groups excluding carboxylic acids is 2. The number of phenolic OH excluding ortho intramolecular Hbond substituents is 1. The molecule has 0 spiro atoms. The lowest BCUT2D eigenvalue weighted by molar-refractivity contribution is -0.146. The molecule has 1 aliphatic heterocycles. The number of methoxy groups -OCH3 is 2. The van der Waals surface area contributed by atoms with Gasteiger partial charge < -0.3 is 19.3 Å². The van der Waals surface area contributed by atoms with E-state index in [1.807, 2.05) is 25.1 Å². The fraction of sp³-hybridized carbons (Fsp3) is 0.370. The van der Waals surface area contributed by atoms with Crippen molar-refractivity contribution >= 4 is 17.5 Å². The zero-order valence-corrected chi connectivity index (χ0v) is 19.8. The second kappa shape index (κ2) is 9.71. The Morgan fingerprint density at radius 3 is 2.35 bits per heavy atom. The molecular weight excluding hydrogens is 434 g/mol. The van der Waals surface area contributed by atoms with Gasteiger partial charge in [0.15, 0.2) is 17.3 Å². The molecule has 2 aromatic rings. The molecule has 0 radical (unpaired) electrons. The number of allylic oxidation sites excluding steroid dienone is 2. The van der Waals surface area contributed by atoms with Crippen molar-refractivity contribution in [3.05, 3.63) is 64.9 Å². The summed E-state index contributed by atoms with van der Waals surface area (Å²) < 4.78 is 16.1. The number of phenols is 1. The quantitative estimate of drug-likeness (QED) is 0.632. The molecule has 2 aromatic carbocycles. The fourth-order valence-corrected chi connectivity index (χ4v) is 4.98. The Bertz CT molecular complexity index is 1160. The first kappa shape index (κ1) is 23.5. The van der Waals surface area contributed by atoms with Crippen LogP contribution in [0.2, 0.25) is 0 Å². The van der Waals surface area contributed by atoms with Crippen LogP contribution in [-0.2, 0) is 14.3 Å². The second-order valence-corrected chi connectivity index (χ2v) is 8.56. The zero-order valence-electron chi connectivity index (χ0n) is 19.8. The van der Waals surface area contributed by atoms with Crippen molar-refractivity contribution in [3.63, 3.8) is 0 Å². The van der Waals surface area contributed by atoms with Crippen LogP contribution in [0.4, 0.5) is 0 Å². The molecule has 34 heavy (non-hydrogen) atoms. The lowest BCUT2D eigenvalue weighted by Crippen LogP contribution is -2.38. The van der Waals surface area contributed by atoms with Gasteiger partial charge in [0.2, 0.25) is 0 Å². The number of carbonyl (C=O) groups is 2. The van der Waals surface area contributed by atoms with Gasteiger partial charge in [0, 0.05) is 29.3 Å². The molecule has 4 rings (SSSR count). The van der Waals surface area contributed by atoms with Gasteiger partial charge in [-0.2, -0.15) is 0 Å². The van der Waals surface area contributed by atoms with E-state index in [0.29, 0.717) is 41.3 Å². The highest BCUT2D eigenvalue weighted by Gasteiger charge is 2.44. The van der Waals surface area contributed by atoms with Crippen LogP contribution >= 0.6 is 0 Å². The average molecular weight is 464 g/mol. The molecule has 1 heterocycles. The summed E-state index contributed by atoms with van der Waals surface area (Å²) >= 11 is 0. The van der Waals surface area contributed by atoms with Crippen LogP contribution in [-0.4, -0.2) is 43.4 Å². The van der Waals surface area contributed by atoms with Gasteiger partial charge in [0.1, 0.15) is 11.7 Å². The Hall–Kier alpha value is -3.61. The number of esters is 1. The molecule has 0 fully saturated rings. The number of Topliss-reactive ketones (excluding diaryl/α,β-unsaturated/α-hetero) is 1. The predicted octanol–water partition coefficient (Wildman–Crippen LogP) is 4.55. The third-order valence-electron chi connectivity index (χ3n) is 6.56. The summed E-state index contributed by atoms with van der Waals surface area (Å²) in [5.41, 5.74) is 3.63. The van der Waals surface area contributed by atoms with Gasteiger partial charge >= 0.3 is 5.97 Å². The molecule has 1 unspecified atom stereocenters. The van der Waals surface area contributed by atoms with Crippen LogP contribution in [0.5, 0.6) is 17.2 Å². The monoisotopic (exact) mass is 463 g/mol. The van der Waals surface area contributed by atoms with Crippen LogP contribution in [0, 0.1) is 5.92 Å². The maximum Gasteiger partial charge on any atom is 0.315 e. The molecule has 7 heteroatoms. The maximum atomic E-state index is 13.6. The molecule has 0 aromatic heterocycles. The lowest BCUT2D eigenvalue weighted by Gasteiger charge is -2.36. The van der Waals surface area contributed by atoms with E-state index >= 15 is 0 Å². The highest BCUT2D eigenvalue weighted by Crippen LogP contribution is 2.47. The minimum atomic E-state index is -0.690. The van der Waals surface area contributed by atoms with Gasteiger partial charge in [-0.15, -0.1) is 0 Å². The number of ether oxygens (including phenoxy) is 3. The number of aliphatic imine (C=N–C) groups is 1. The fourth-order valence-electron chi connectivity index (χ4n) is 4.98. The van der Waals surface area contributed by atoms with Crippen LogP contribution in [0.25, 0.3) is 0 Å². The number of rotatable bonds is 6. The van der Waals surface area contributed by atoms with E-state index in [2.05, 4.69) is 0 Å². The summed E-state index contributed by atoms with van der Waals surface area (Å²) in [5.74, 6) is -0.342. The number of ketones is 1. The number of hydrogen-bond donors (Lipinski definition) is 1. The average Bonchev–Trinajstić information content (AvgIpc) is 2.83. The van der Waals surface area contributed by atoms with E-state index in [9.17, 15) is 14.7 Å². The molecule has 2 aliphatic rings. The van der Waals surface area contributed by atoms with Crippen molar-refractivity contribution in [1.82, 2.24) is 0 Å². The molecule has 0 saturated carbocycles. The van der Waals surface area contributed by atoms with Crippen molar-refractivity contribution in [1.29, 1.82) is 0 Å². The summed E-state index contributed by atoms with van der Waals surface area (Å²) in [6, 6.07) is 12.3. The molecule has 178 valence electrons. The first-order valence-corrected chi connectivity index (χ1v) is 11.4. The van der Waals surface area contributed by atoms with Crippen molar-refractivity contribution in [2.45, 2.75) is 38.5 Å². The summed E-state index contributed by atoms with van der Waals surface area (Å²) in [4.78, 5) is 31.3.